The third kappa shape index (κ3) is 2.75. The average molecular weight is 473 g/mol. The number of aliphatic imine (C=N–C) groups is 2. The van der Waals surface area contributed by atoms with Crippen LogP contribution in [-0.4, -0.2) is 11.5 Å². The molecule has 0 aliphatic heterocycles. The summed E-state index contributed by atoms with van der Waals surface area (Å²) in [7, 11) is 0. The standard InChI is InChI=1S/C21H8N6S4/c1-21(2)12(27-13(8-24)25-3)4-10-15(21)17-19(28-10)20-18(31-17)16-11(29-20)5-14(30-16)26-9(6-22)7-23/h4-5H,1-2H3. The van der Waals surface area contributed by atoms with Crippen molar-refractivity contribution in [2.45, 2.75) is 19.3 Å². The lowest BCUT2D eigenvalue weighted by Crippen LogP contribution is -2.16. The van der Waals surface area contributed by atoms with Gasteiger partial charge in [-0.15, -0.1) is 50.3 Å². The van der Waals surface area contributed by atoms with Crippen molar-refractivity contribution in [1.29, 1.82) is 15.8 Å². The molecule has 0 bridgehead atoms. The fourth-order valence-corrected chi connectivity index (χ4v) is 9.61. The topological polar surface area (TPSA) is 100 Å². The van der Waals surface area contributed by atoms with Crippen molar-refractivity contribution < 1.29 is 0 Å². The fraction of sp³-hybridized carbons (Fsp3) is 0.143. The zero-order valence-corrected chi connectivity index (χ0v) is 19.2. The maximum Gasteiger partial charge on any atom is 0.349 e. The van der Waals surface area contributed by atoms with Gasteiger partial charge in [-0.25, -0.2) is 10.3 Å². The van der Waals surface area contributed by atoms with Crippen LogP contribution in [0.1, 0.15) is 24.3 Å². The molecule has 4 aromatic rings. The molecule has 0 radical (unpaired) electrons. The van der Waals surface area contributed by atoms with Gasteiger partial charge in [0.05, 0.1) is 28.9 Å². The highest BCUT2D eigenvalue weighted by atomic mass is 32.1. The van der Waals surface area contributed by atoms with E-state index in [9.17, 15) is 0 Å². The van der Waals surface area contributed by atoms with E-state index in [-0.39, 0.29) is 11.5 Å². The van der Waals surface area contributed by atoms with Crippen LogP contribution in [0.25, 0.3) is 39.1 Å². The van der Waals surface area contributed by atoms with Crippen LogP contribution in [0.15, 0.2) is 21.7 Å². The number of hydrogen-bond acceptors (Lipinski definition) is 9. The molecule has 31 heavy (non-hydrogen) atoms. The molecule has 4 aromatic heterocycles. The Balaban J connectivity index is 1.68. The molecular weight excluding hydrogens is 465 g/mol. The zero-order chi connectivity index (χ0) is 21.9. The van der Waals surface area contributed by atoms with E-state index >= 15 is 0 Å². The number of rotatable bonds is 2. The van der Waals surface area contributed by atoms with E-state index in [2.05, 4.69) is 28.7 Å². The number of thiophene rings is 4. The van der Waals surface area contributed by atoms with Crippen LogP contribution in [-0.2, 0) is 5.41 Å². The van der Waals surface area contributed by atoms with E-state index in [0.29, 0.717) is 5.00 Å². The number of nitrogens with zero attached hydrogens (tertiary/aromatic N) is 6. The third-order valence-electron chi connectivity index (χ3n) is 5.01. The highest BCUT2D eigenvalue weighted by molar-refractivity contribution is 7.45. The van der Waals surface area contributed by atoms with Gasteiger partial charge in [0.15, 0.2) is 0 Å². The van der Waals surface area contributed by atoms with Gasteiger partial charge in [-0.1, -0.05) is 6.57 Å². The molecule has 0 saturated heterocycles. The predicted octanol–water partition coefficient (Wildman–Crippen LogP) is 6.99. The van der Waals surface area contributed by atoms with Crippen LogP contribution in [0, 0.1) is 40.6 Å². The minimum absolute atomic E-state index is 0.146. The minimum atomic E-state index is -0.397. The molecule has 0 saturated carbocycles. The Morgan fingerprint density at radius 2 is 1.65 bits per heavy atom. The molecule has 10 heteroatoms. The van der Waals surface area contributed by atoms with Crippen LogP contribution in [0.4, 0.5) is 5.00 Å². The van der Waals surface area contributed by atoms with E-state index < -0.39 is 5.41 Å². The molecule has 0 aromatic carbocycles. The van der Waals surface area contributed by atoms with Crippen molar-refractivity contribution in [1.82, 2.24) is 0 Å². The number of hydrogen-bond donors (Lipinski definition) is 0. The van der Waals surface area contributed by atoms with Crippen LogP contribution in [0.5, 0.6) is 0 Å². The maximum absolute atomic E-state index is 9.09. The van der Waals surface area contributed by atoms with Crippen LogP contribution < -0.4 is 0 Å². The monoisotopic (exact) mass is 472 g/mol. The van der Waals surface area contributed by atoms with Crippen molar-refractivity contribution in [3.05, 3.63) is 33.6 Å². The van der Waals surface area contributed by atoms with Gasteiger partial charge >= 0.3 is 5.84 Å². The summed E-state index contributed by atoms with van der Waals surface area (Å²) in [5.74, 6) is -0.152. The summed E-state index contributed by atoms with van der Waals surface area (Å²) in [5.41, 5.74) is 1.39. The lowest BCUT2D eigenvalue weighted by molar-refractivity contribution is 0.641. The van der Waals surface area contributed by atoms with Gasteiger partial charge in [-0.05, 0) is 19.9 Å². The summed E-state index contributed by atoms with van der Waals surface area (Å²) < 4.78 is 7.12. The van der Waals surface area contributed by atoms with Gasteiger partial charge in [0, 0.05) is 21.2 Å². The SMILES string of the molecule is [C-]#[N+]C(C#N)=NC1=Cc2sc3c(sc4c5sc(N=C(C#N)C#N)cc5sc34)c2C1(C)C. The van der Waals surface area contributed by atoms with E-state index in [1.54, 1.807) is 46.1 Å². The van der Waals surface area contributed by atoms with Gasteiger partial charge < -0.3 is 4.85 Å². The Kier molecular flexibility index (Phi) is 4.31. The number of amidine groups is 1. The summed E-state index contributed by atoms with van der Waals surface area (Å²) >= 11 is 6.64. The van der Waals surface area contributed by atoms with E-state index in [1.165, 1.54) is 35.7 Å². The van der Waals surface area contributed by atoms with Crippen molar-refractivity contribution >= 4 is 96.2 Å². The lowest BCUT2D eigenvalue weighted by Gasteiger charge is -2.17. The van der Waals surface area contributed by atoms with Crippen molar-refractivity contribution in [3.63, 3.8) is 0 Å². The number of fused-ring (bicyclic) bond motifs is 7. The Labute approximate surface area is 192 Å². The van der Waals surface area contributed by atoms with Crippen molar-refractivity contribution in [3.8, 4) is 18.2 Å². The van der Waals surface area contributed by atoms with E-state index in [1.807, 2.05) is 18.2 Å². The molecule has 0 amide bonds. The summed E-state index contributed by atoms with van der Waals surface area (Å²) in [6.07, 6.45) is 2.00. The van der Waals surface area contributed by atoms with Crippen LogP contribution >= 0.6 is 45.3 Å². The second-order valence-corrected chi connectivity index (χ2v) is 11.3. The first-order valence-corrected chi connectivity index (χ1v) is 12.1. The smallest absolute Gasteiger partial charge is 0.349 e. The van der Waals surface area contributed by atoms with Crippen molar-refractivity contribution in [2.75, 3.05) is 0 Å². The van der Waals surface area contributed by atoms with Gasteiger partial charge in [0.25, 0.3) is 0 Å². The summed E-state index contributed by atoms with van der Waals surface area (Å²) in [4.78, 5) is 12.8. The number of allylic oxidation sites excluding steroid dienone is 1. The first-order chi connectivity index (χ1) is 14.9. The van der Waals surface area contributed by atoms with Crippen LogP contribution in [0.2, 0.25) is 0 Å². The average Bonchev–Trinajstić information content (AvgIpc) is 3.49. The first kappa shape index (κ1) is 19.6. The summed E-state index contributed by atoms with van der Waals surface area (Å²) in [5, 5.41) is 27.7. The normalized spacial score (nSPS) is 14.6. The molecular formula is C21H8N6S4. The molecule has 4 heterocycles. The minimum Gasteiger partial charge on any atom is -0.351 e. The molecule has 0 spiro atoms. The van der Waals surface area contributed by atoms with E-state index in [0.717, 1.165) is 20.0 Å². The molecule has 6 nitrogen and oxygen atoms in total. The molecule has 0 N–H and O–H groups in total. The molecule has 5 rings (SSSR count). The predicted molar refractivity (Wildman–Crippen MR) is 129 cm³/mol. The van der Waals surface area contributed by atoms with E-state index in [4.69, 9.17) is 22.4 Å². The molecule has 1 aliphatic carbocycles. The van der Waals surface area contributed by atoms with Gasteiger partial charge in [0.2, 0.25) is 5.71 Å². The zero-order valence-electron chi connectivity index (χ0n) is 16.0. The second-order valence-electron chi connectivity index (χ2n) is 7.14. The lowest BCUT2D eigenvalue weighted by atomic mass is 9.86. The van der Waals surface area contributed by atoms with Gasteiger partial charge in [-0.2, -0.15) is 10.5 Å². The Morgan fingerprint density at radius 3 is 2.32 bits per heavy atom. The Morgan fingerprint density at radius 1 is 0.935 bits per heavy atom. The highest BCUT2D eigenvalue weighted by Gasteiger charge is 2.40. The number of nitriles is 3. The van der Waals surface area contributed by atoms with Gasteiger partial charge in [0.1, 0.15) is 28.9 Å². The van der Waals surface area contributed by atoms with Crippen molar-refractivity contribution in [2.24, 2.45) is 9.98 Å². The highest BCUT2D eigenvalue weighted by Crippen LogP contribution is 2.57. The second kappa shape index (κ2) is 6.82. The molecule has 0 unspecified atom stereocenters. The molecule has 0 atom stereocenters. The molecule has 146 valence electrons. The van der Waals surface area contributed by atoms with Crippen LogP contribution in [0.3, 0.4) is 0 Å². The maximum atomic E-state index is 9.09. The molecule has 0 fully saturated rings. The van der Waals surface area contributed by atoms with Gasteiger partial charge in [-0.3, -0.25) is 0 Å². The Hall–Kier alpha value is -3.38. The quantitative estimate of drug-likeness (QED) is 0.178. The summed E-state index contributed by atoms with van der Waals surface area (Å²) in [6, 6.07) is 7.39. The molecule has 1 aliphatic rings. The third-order valence-corrected chi connectivity index (χ3v) is 10.2. The first-order valence-electron chi connectivity index (χ1n) is 8.80. The Bertz CT molecular complexity index is 1670. The fourth-order valence-electron chi connectivity index (χ4n) is 3.61. The summed E-state index contributed by atoms with van der Waals surface area (Å²) in [6.45, 7) is 11.3. The largest absolute Gasteiger partial charge is 0.351 e.